The number of likely N-dealkylation sites (tertiary alicyclic amines) is 1. The summed E-state index contributed by atoms with van der Waals surface area (Å²) >= 11 is 0. The Bertz CT molecular complexity index is 712. The molecule has 4 rings (SSSR count). The summed E-state index contributed by atoms with van der Waals surface area (Å²) in [5.41, 5.74) is 2.54. The van der Waals surface area contributed by atoms with Crippen LogP contribution in [0.15, 0.2) is 28.8 Å². The molecular formula is C20H27N3O2. The summed E-state index contributed by atoms with van der Waals surface area (Å²) < 4.78 is 11.3. The minimum absolute atomic E-state index is 0.330. The van der Waals surface area contributed by atoms with Gasteiger partial charge < -0.3 is 9.26 Å². The molecule has 2 aromatic rings. The number of benzene rings is 1. The van der Waals surface area contributed by atoms with Crippen LogP contribution >= 0.6 is 0 Å². The summed E-state index contributed by atoms with van der Waals surface area (Å²) in [5.74, 6) is 1.39. The highest BCUT2D eigenvalue weighted by molar-refractivity contribution is 5.53. The van der Waals surface area contributed by atoms with E-state index in [0.717, 1.165) is 31.0 Å². The monoisotopic (exact) mass is 341 g/mol. The molecule has 2 heterocycles. The molecule has 1 saturated carbocycles. The molecule has 0 unspecified atom stereocenters. The van der Waals surface area contributed by atoms with Gasteiger partial charge in [-0.3, -0.25) is 4.90 Å². The third-order valence-corrected chi connectivity index (χ3v) is 5.93. The Labute approximate surface area is 149 Å². The van der Waals surface area contributed by atoms with E-state index in [-0.39, 0.29) is 0 Å². The first-order valence-electron chi connectivity index (χ1n) is 9.33. The van der Waals surface area contributed by atoms with Gasteiger partial charge in [0, 0.05) is 24.6 Å². The molecular weight excluding hydrogens is 314 g/mol. The van der Waals surface area contributed by atoms with Crippen molar-refractivity contribution in [1.29, 1.82) is 0 Å². The van der Waals surface area contributed by atoms with Gasteiger partial charge in [0.1, 0.15) is 0 Å². The van der Waals surface area contributed by atoms with E-state index in [1.54, 1.807) is 0 Å². The number of piperidine rings is 1. The lowest BCUT2D eigenvalue weighted by Crippen LogP contribution is -2.47. The predicted molar refractivity (Wildman–Crippen MR) is 96.1 cm³/mol. The number of hydrogen-bond donors (Lipinski definition) is 0. The van der Waals surface area contributed by atoms with Crippen LogP contribution in [-0.4, -0.2) is 41.3 Å². The molecule has 5 nitrogen and oxygen atoms in total. The standard InChI is InChI=1S/C20H27N3O2/c1-15-6-8-16(9-7-15)19-21-18(22-25-19)13-23-12-4-11-20(14-23)10-3-5-17(20)24-2/h6-9,17H,3-5,10-14H2,1-2H3/t17-,20-/m1/s1. The summed E-state index contributed by atoms with van der Waals surface area (Å²) in [6.07, 6.45) is 6.67. The second-order valence-electron chi connectivity index (χ2n) is 7.67. The number of nitrogens with zero attached hydrogens (tertiary/aromatic N) is 3. The lowest BCUT2D eigenvalue weighted by molar-refractivity contribution is -0.0372. The van der Waals surface area contributed by atoms with E-state index in [9.17, 15) is 0 Å². The maximum Gasteiger partial charge on any atom is 0.257 e. The average Bonchev–Trinajstić information content (AvgIpc) is 3.23. The van der Waals surface area contributed by atoms with Crippen molar-refractivity contribution in [3.8, 4) is 11.5 Å². The largest absolute Gasteiger partial charge is 0.381 e. The van der Waals surface area contributed by atoms with Crippen molar-refractivity contribution in [2.45, 2.75) is 51.7 Å². The molecule has 1 aromatic carbocycles. The second kappa shape index (κ2) is 6.89. The zero-order chi connectivity index (χ0) is 17.3. The van der Waals surface area contributed by atoms with E-state index < -0.39 is 0 Å². The SMILES string of the molecule is CO[C@@H]1CCC[C@]12CCCN(Cc1noc(-c3ccc(C)cc3)n1)C2. The summed E-state index contributed by atoms with van der Waals surface area (Å²) in [7, 11) is 1.86. The molecule has 0 bridgehead atoms. The highest BCUT2D eigenvalue weighted by Crippen LogP contribution is 2.46. The van der Waals surface area contributed by atoms with Crippen molar-refractivity contribution in [2.24, 2.45) is 5.41 Å². The molecule has 0 radical (unpaired) electrons. The Morgan fingerprint density at radius 2 is 2.04 bits per heavy atom. The molecule has 1 aromatic heterocycles. The van der Waals surface area contributed by atoms with E-state index in [4.69, 9.17) is 9.26 Å². The Hall–Kier alpha value is -1.72. The Morgan fingerprint density at radius 3 is 2.84 bits per heavy atom. The van der Waals surface area contributed by atoms with Gasteiger partial charge in [0.25, 0.3) is 5.89 Å². The lowest BCUT2D eigenvalue weighted by atomic mass is 9.76. The first-order valence-corrected chi connectivity index (χ1v) is 9.33. The molecule has 1 spiro atoms. The minimum atomic E-state index is 0.330. The third-order valence-electron chi connectivity index (χ3n) is 5.93. The quantitative estimate of drug-likeness (QED) is 0.846. The second-order valence-corrected chi connectivity index (χ2v) is 7.67. The number of rotatable bonds is 4. The van der Waals surface area contributed by atoms with E-state index in [2.05, 4.69) is 34.1 Å². The van der Waals surface area contributed by atoms with Gasteiger partial charge in [0.05, 0.1) is 12.6 Å². The highest BCUT2D eigenvalue weighted by Gasteiger charge is 2.45. The maximum absolute atomic E-state index is 5.80. The van der Waals surface area contributed by atoms with Gasteiger partial charge in [-0.15, -0.1) is 0 Å². The van der Waals surface area contributed by atoms with Gasteiger partial charge in [0.2, 0.25) is 0 Å². The number of aryl methyl sites for hydroxylation is 1. The third kappa shape index (κ3) is 3.35. The van der Waals surface area contributed by atoms with Crippen LogP contribution in [0.5, 0.6) is 0 Å². The van der Waals surface area contributed by atoms with Crippen LogP contribution in [0, 0.1) is 12.3 Å². The molecule has 5 heteroatoms. The minimum Gasteiger partial charge on any atom is -0.381 e. The Balaban J connectivity index is 1.45. The number of aromatic nitrogens is 2. The molecule has 1 aliphatic heterocycles. The summed E-state index contributed by atoms with van der Waals surface area (Å²) in [6.45, 7) is 5.02. The Morgan fingerprint density at radius 1 is 1.24 bits per heavy atom. The fourth-order valence-electron chi connectivity index (χ4n) is 4.67. The zero-order valence-corrected chi connectivity index (χ0v) is 15.2. The number of methoxy groups -OCH3 is 1. The molecule has 0 amide bonds. The van der Waals surface area contributed by atoms with Crippen molar-refractivity contribution < 1.29 is 9.26 Å². The molecule has 0 N–H and O–H groups in total. The highest BCUT2D eigenvalue weighted by atomic mass is 16.5. The van der Waals surface area contributed by atoms with Crippen LogP contribution in [0.25, 0.3) is 11.5 Å². The van der Waals surface area contributed by atoms with Crippen molar-refractivity contribution >= 4 is 0 Å². The molecule has 1 saturated heterocycles. The lowest BCUT2D eigenvalue weighted by Gasteiger charge is -2.43. The van der Waals surface area contributed by atoms with Crippen LogP contribution in [0.1, 0.15) is 43.5 Å². The van der Waals surface area contributed by atoms with Crippen LogP contribution in [0.3, 0.4) is 0 Å². The fourth-order valence-corrected chi connectivity index (χ4v) is 4.67. The van der Waals surface area contributed by atoms with Gasteiger partial charge in [-0.1, -0.05) is 29.3 Å². The number of hydrogen-bond acceptors (Lipinski definition) is 5. The van der Waals surface area contributed by atoms with E-state index >= 15 is 0 Å². The van der Waals surface area contributed by atoms with Crippen LogP contribution in [0.2, 0.25) is 0 Å². The molecule has 134 valence electrons. The van der Waals surface area contributed by atoms with Gasteiger partial charge in [-0.05, 0) is 51.3 Å². The smallest absolute Gasteiger partial charge is 0.257 e. The first-order chi connectivity index (χ1) is 12.2. The van der Waals surface area contributed by atoms with Gasteiger partial charge in [0.15, 0.2) is 5.82 Å². The number of ether oxygens (including phenoxy) is 1. The fraction of sp³-hybridized carbons (Fsp3) is 0.600. The molecule has 2 fully saturated rings. The summed E-state index contributed by atoms with van der Waals surface area (Å²) in [4.78, 5) is 7.08. The van der Waals surface area contributed by atoms with E-state index in [1.165, 1.54) is 37.7 Å². The van der Waals surface area contributed by atoms with Crippen molar-refractivity contribution in [1.82, 2.24) is 15.0 Å². The van der Waals surface area contributed by atoms with Crippen molar-refractivity contribution in [2.75, 3.05) is 20.2 Å². The van der Waals surface area contributed by atoms with E-state index in [0.29, 0.717) is 17.4 Å². The van der Waals surface area contributed by atoms with E-state index in [1.807, 2.05) is 19.2 Å². The maximum atomic E-state index is 5.80. The Kier molecular flexibility index (Phi) is 4.61. The van der Waals surface area contributed by atoms with Crippen LogP contribution in [0.4, 0.5) is 0 Å². The zero-order valence-electron chi connectivity index (χ0n) is 15.2. The van der Waals surface area contributed by atoms with Gasteiger partial charge in [-0.25, -0.2) is 0 Å². The average molecular weight is 341 g/mol. The normalized spacial score (nSPS) is 27.2. The molecule has 2 atom stereocenters. The predicted octanol–water partition coefficient (Wildman–Crippen LogP) is 3.83. The molecule has 25 heavy (non-hydrogen) atoms. The summed E-state index contributed by atoms with van der Waals surface area (Å²) in [6, 6.07) is 8.20. The summed E-state index contributed by atoms with van der Waals surface area (Å²) in [5, 5.41) is 4.20. The first kappa shape index (κ1) is 16.7. The topological polar surface area (TPSA) is 51.4 Å². The van der Waals surface area contributed by atoms with Crippen LogP contribution in [-0.2, 0) is 11.3 Å². The van der Waals surface area contributed by atoms with Gasteiger partial charge in [-0.2, -0.15) is 4.98 Å². The van der Waals surface area contributed by atoms with Crippen LogP contribution < -0.4 is 0 Å². The molecule has 1 aliphatic carbocycles. The van der Waals surface area contributed by atoms with Gasteiger partial charge >= 0.3 is 0 Å². The molecule has 2 aliphatic rings. The van der Waals surface area contributed by atoms with Crippen molar-refractivity contribution in [3.05, 3.63) is 35.7 Å². The van der Waals surface area contributed by atoms with Crippen molar-refractivity contribution in [3.63, 3.8) is 0 Å².